The molecular weight excluding hydrogens is 224 g/mol. The summed E-state index contributed by atoms with van der Waals surface area (Å²) < 4.78 is 5.31. The van der Waals surface area contributed by atoms with Crippen molar-refractivity contribution in [1.29, 1.82) is 5.26 Å². The number of anilines is 1. The fourth-order valence-corrected chi connectivity index (χ4v) is 2.55. The predicted octanol–water partition coefficient (Wildman–Crippen LogP) is 3.56. The molecule has 0 heterocycles. The van der Waals surface area contributed by atoms with Gasteiger partial charge >= 0.3 is 0 Å². The van der Waals surface area contributed by atoms with Crippen molar-refractivity contribution in [3.8, 4) is 11.8 Å². The van der Waals surface area contributed by atoms with Crippen LogP contribution in [0.2, 0.25) is 0 Å². The van der Waals surface area contributed by atoms with E-state index >= 15 is 0 Å². The van der Waals surface area contributed by atoms with Gasteiger partial charge in [-0.2, -0.15) is 5.26 Å². The molecule has 0 amide bonds. The Kier molecular flexibility index (Phi) is 4.46. The Morgan fingerprint density at radius 1 is 1.33 bits per heavy atom. The van der Waals surface area contributed by atoms with Crippen LogP contribution in [0.25, 0.3) is 0 Å². The molecule has 1 fully saturated rings. The minimum atomic E-state index is 0.634. The molecule has 1 aliphatic rings. The van der Waals surface area contributed by atoms with Gasteiger partial charge in [0.15, 0.2) is 0 Å². The van der Waals surface area contributed by atoms with E-state index < -0.39 is 0 Å². The predicted molar refractivity (Wildman–Crippen MR) is 72.8 cm³/mol. The maximum Gasteiger partial charge on any atom is 0.143 e. The van der Waals surface area contributed by atoms with Crippen molar-refractivity contribution in [3.63, 3.8) is 0 Å². The fourth-order valence-electron chi connectivity index (χ4n) is 2.55. The van der Waals surface area contributed by atoms with E-state index in [2.05, 4.69) is 11.4 Å². The van der Waals surface area contributed by atoms with E-state index in [0.717, 1.165) is 23.9 Å². The van der Waals surface area contributed by atoms with Crippen molar-refractivity contribution >= 4 is 5.69 Å². The zero-order valence-corrected chi connectivity index (χ0v) is 10.9. The largest absolute Gasteiger partial charge is 0.495 e. The Hall–Kier alpha value is -1.69. The number of nitriles is 1. The molecule has 0 aliphatic heterocycles. The first kappa shape index (κ1) is 12.8. The highest BCUT2D eigenvalue weighted by molar-refractivity contribution is 5.59. The Balaban J connectivity index is 1.98. The minimum absolute atomic E-state index is 0.634. The molecule has 0 saturated heterocycles. The van der Waals surface area contributed by atoms with Crippen molar-refractivity contribution < 1.29 is 4.74 Å². The van der Waals surface area contributed by atoms with Gasteiger partial charge in [-0.15, -0.1) is 0 Å². The summed E-state index contributed by atoms with van der Waals surface area (Å²) in [7, 11) is 1.64. The molecule has 0 bridgehead atoms. The highest BCUT2D eigenvalue weighted by Crippen LogP contribution is 2.28. The van der Waals surface area contributed by atoms with Crippen LogP contribution in [0, 0.1) is 17.2 Å². The normalized spacial score (nSPS) is 16.0. The molecule has 1 aromatic rings. The molecule has 0 atom stereocenters. The van der Waals surface area contributed by atoms with Gasteiger partial charge in [0.1, 0.15) is 5.75 Å². The molecule has 18 heavy (non-hydrogen) atoms. The third-order valence-corrected chi connectivity index (χ3v) is 3.64. The van der Waals surface area contributed by atoms with Crippen LogP contribution in [-0.4, -0.2) is 13.7 Å². The molecule has 0 unspecified atom stereocenters. The lowest BCUT2D eigenvalue weighted by atomic mass is 9.89. The Morgan fingerprint density at radius 3 is 2.78 bits per heavy atom. The van der Waals surface area contributed by atoms with Crippen LogP contribution in [0.1, 0.15) is 37.7 Å². The first-order valence-electron chi connectivity index (χ1n) is 6.65. The SMILES string of the molecule is COc1cc(C#N)ccc1NCC1CCCCC1. The first-order valence-corrected chi connectivity index (χ1v) is 6.65. The van der Waals surface area contributed by atoms with Gasteiger partial charge in [0.2, 0.25) is 0 Å². The summed E-state index contributed by atoms with van der Waals surface area (Å²) in [4.78, 5) is 0. The van der Waals surface area contributed by atoms with Crippen LogP contribution in [0.3, 0.4) is 0 Å². The number of hydrogen-bond acceptors (Lipinski definition) is 3. The monoisotopic (exact) mass is 244 g/mol. The minimum Gasteiger partial charge on any atom is -0.495 e. The second-order valence-electron chi connectivity index (χ2n) is 4.91. The number of nitrogens with one attached hydrogen (secondary N) is 1. The van der Waals surface area contributed by atoms with Gasteiger partial charge < -0.3 is 10.1 Å². The van der Waals surface area contributed by atoms with Crippen LogP contribution in [0.5, 0.6) is 5.75 Å². The average molecular weight is 244 g/mol. The second-order valence-corrected chi connectivity index (χ2v) is 4.91. The number of hydrogen-bond donors (Lipinski definition) is 1. The van der Waals surface area contributed by atoms with Crippen LogP contribution >= 0.6 is 0 Å². The fraction of sp³-hybridized carbons (Fsp3) is 0.533. The van der Waals surface area contributed by atoms with Gasteiger partial charge in [0.25, 0.3) is 0 Å². The third-order valence-electron chi connectivity index (χ3n) is 3.64. The van der Waals surface area contributed by atoms with Gasteiger partial charge in [-0.3, -0.25) is 0 Å². The van der Waals surface area contributed by atoms with E-state index in [4.69, 9.17) is 10.00 Å². The topological polar surface area (TPSA) is 45.0 Å². The third kappa shape index (κ3) is 3.16. The van der Waals surface area contributed by atoms with Crippen molar-refractivity contribution in [2.45, 2.75) is 32.1 Å². The zero-order chi connectivity index (χ0) is 12.8. The number of ether oxygens (including phenoxy) is 1. The van der Waals surface area contributed by atoms with Gasteiger partial charge in [-0.25, -0.2) is 0 Å². The summed E-state index contributed by atoms with van der Waals surface area (Å²) in [5, 5.41) is 12.3. The smallest absolute Gasteiger partial charge is 0.143 e. The first-order chi connectivity index (χ1) is 8.83. The Bertz CT molecular complexity index is 431. The summed E-state index contributed by atoms with van der Waals surface area (Å²) in [5.41, 5.74) is 1.62. The molecular formula is C15H20N2O. The number of nitrogens with zero attached hydrogens (tertiary/aromatic N) is 1. The summed E-state index contributed by atoms with van der Waals surface area (Å²) >= 11 is 0. The van der Waals surface area contributed by atoms with E-state index in [1.54, 1.807) is 13.2 Å². The van der Waals surface area contributed by atoms with Crippen molar-refractivity contribution in [3.05, 3.63) is 23.8 Å². The molecule has 1 aliphatic carbocycles. The Morgan fingerprint density at radius 2 is 2.11 bits per heavy atom. The lowest BCUT2D eigenvalue weighted by Crippen LogP contribution is -2.17. The quantitative estimate of drug-likeness (QED) is 0.880. The molecule has 0 spiro atoms. The lowest BCUT2D eigenvalue weighted by Gasteiger charge is -2.22. The average Bonchev–Trinajstić information content (AvgIpc) is 2.46. The van der Waals surface area contributed by atoms with Crippen LogP contribution < -0.4 is 10.1 Å². The Labute approximate surface area is 109 Å². The van der Waals surface area contributed by atoms with Gasteiger partial charge in [0, 0.05) is 12.6 Å². The molecule has 3 heteroatoms. The van der Waals surface area contributed by atoms with Crippen LogP contribution in [-0.2, 0) is 0 Å². The van der Waals surface area contributed by atoms with E-state index in [9.17, 15) is 0 Å². The van der Waals surface area contributed by atoms with Crippen LogP contribution in [0.15, 0.2) is 18.2 Å². The van der Waals surface area contributed by atoms with Gasteiger partial charge in [0.05, 0.1) is 24.4 Å². The van der Waals surface area contributed by atoms with E-state index in [1.165, 1.54) is 32.1 Å². The second kappa shape index (κ2) is 6.30. The molecule has 96 valence electrons. The van der Waals surface area contributed by atoms with E-state index in [0.29, 0.717) is 5.56 Å². The summed E-state index contributed by atoms with van der Waals surface area (Å²) in [6.45, 7) is 1.00. The molecule has 1 saturated carbocycles. The maximum absolute atomic E-state index is 8.86. The maximum atomic E-state index is 8.86. The molecule has 2 rings (SSSR count). The molecule has 0 radical (unpaired) electrons. The van der Waals surface area contributed by atoms with Crippen LogP contribution in [0.4, 0.5) is 5.69 Å². The van der Waals surface area contributed by atoms with E-state index in [-0.39, 0.29) is 0 Å². The molecule has 0 aromatic heterocycles. The number of methoxy groups -OCH3 is 1. The molecule has 1 aromatic carbocycles. The van der Waals surface area contributed by atoms with Gasteiger partial charge in [-0.1, -0.05) is 19.3 Å². The standard InChI is InChI=1S/C15H20N2O/c1-18-15-9-13(10-16)7-8-14(15)17-11-12-5-3-2-4-6-12/h7-9,12,17H,2-6,11H2,1H3. The van der Waals surface area contributed by atoms with Crippen molar-refractivity contribution in [2.75, 3.05) is 19.0 Å². The molecule has 1 N–H and O–H groups in total. The lowest BCUT2D eigenvalue weighted by molar-refractivity contribution is 0.372. The summed E-state index contributed by atoms with van der Waals surface area (Å²) in [6, 6.07) is 7.66. The highest BCUT2D eigenvalue weighted by atomic mass is 16.5. The number of benzene rings is 1. The highest BCUT2D eigenvalue weighted by Gasteiger charge is 2.13. The van der Waals surface area contributed by atoms with Gasteiger partial charge in [-0.05, 0) is 30.9 Å². The van der Waals surface area contributed by atoms with Crippen molar-refractivity contribution in [1.82, 2.24) is 0 Å². The summed E-state index contributed by atoms with van der Waals surface area (Å²) in [5.74, 6) is 1.53. The van der Waals surface area contributed by atoms with E-state index in [1.807, 2.05) is 12.1 Å². The summed E-state index contributed by atoms with van der Waals surface area (Å²) in [6.07, 6.45) is 6.75. The molecule has 3 nitrogen and oxygen atoms in total. The number of rotatable bonds is 4. The van der Waals surface area contributed by atoms with Crippen molar-refractivity contribution in [2.24, 2.45) is 5.92 Å². The zero-order valence-electron chi connectivity index (χ0n) is 10.9.